The lowest BCUT2D eigenvalue weighted by Gasteiger charge is -2.27. The summed E-state index contributed by atoms with van der Waals surface area (Å²) in [6.07, 6.45) is 0.303. The van der Waals surface area contributed by atoms with Gasteiger partial charge in [-0.3, -0.25) is 9.59 Å². The second-order valence-corrected chi connectivity index (χ2v) is 5.78. The number of esters is 1. The summed E-state index contributed by atoms with van der Waals surface area (Å²) in [4.78, 5) is 36.0. The third-order valence-corrected chi connectivity index (χ3v) is 4.28. The fourth-order valence-corrected chi connectivity index (χ4v) is 3.10. The van der Waals surface area contributed by atoms with Gasteiger partial charge < -0.3 is 20.1 Å². The van der Waals surface area contributed by atoms with Gasteiger partial charge in [0.25, 0.3) is 0 Å². The number of ether oxygens (including phenoxy) is 2. The van der Waals surface area contributed by atoms with Crippen LogP contribution in [0.5, 0.6) is 0 Å². The molecule has 0 spiro atoms. The normalized spacial score (nSPS) is 18.2. The van der Waals surface area contributed by atoms with E-state index in [1.165, 1.54) is 0 Å². The van der Waals surface area contributed by atoms with Crippen molar-refractivity contribution >= 4 is 23.7 Å². The molecule has 25 heavy (non-hydrogen) atoms. The lowest BCUT2D eigenvalue weighted by atomic mass is 9.75. The second-order valence-electron chi connectivity index (χ2n) is 5.78. The summed E-state index contributed by atoms with van der Waals surface area (Å²) in [5, 5.41) is 5.51. The lowest BCUT2D eigenvalue weighted by molar-refractivity contribution is -0.143. The molecule has 1 aromatic rings. The van der Waals surface area contributed by atoms with Crippen LogP contribution in [-0.4, -0.2) is 37.7 Å². The Hall–Kier alpha value is -2.57. The van der Waals surface area contributed by atoms with E-state index in [0.29, 0.717) is 19.4 Å². The molecule has 7 nitrogen and oxygen atoms in total. The number of fused-ring (bicyclic) bond motifs is 1. The number of carbonyl (C=O) groups excluding carboxylic acids is 3. The number of benzene rings is 1. The van der Waals surface area contributed by atoms with Gasteiger partial charge >= 0.3 is 12.1 Å². The van der Waals surface area contributed by atoms with Crippen LogP contribution in [0.1, 0.15) is 38.7 Å². The van der Waals surface area contributed by atoms with Gasteiger partial charge in [-0.1, -0.05) is 18.2 Å². The number of alkyl carbamates (subject to hydrolysis) is 1. The van der Waals surface area contributed by atoms with E-state index in [4.69, 9.17) is 9.47 Å². The summed E-state index contributed by atoms with van der Waals surface area (Å²) >= 11 is 0. The summed E-state index contributed by atoms with van der Waals surface area (Å²) in [5.41, 5.74) is 0.713. The molecule has 0 unspecified atom stereocenters. The van der Waals surface area contributed by atoms with E-state index in [1.807, 2.05) is 24.3 Å². The van der Waals surface area contributed by atoms with E-state index in [0.717, 1.165) is 11.3 Å². The minimum atomic E-state index is -0.872. The van der Waals surface area contributed by atoms with Crippen LogP contribution in [0, 0.1) is 0 Å². The molecule has 136 valence electrons. The summed E-state index contributed by atoms with van der Waals surface area (Å²) in [6.45, 7) is 4.32. The molecule has 0 saturated carbocycles. The molecule has 2 N–H and O–H groups in total. The van der Waals surface area contributed by atoms with Gasteiger partial charge in [-0.2, -0.15) is 0 Å². The first kappa shape index (κ1) is 18.8. The first-order chi connectivity index (χ1) is 12.0. The SMILES string of the molecule is CCOC(=O)CC[C@@]1(CCNC(=O)OCC)C(=O)Nc2ccccc21. The van der Waals surface area contributed by atoms with Crippen LogP contribution in [-0.2, 0) is 24.5 Å². The molecule has 0 saturated heterocycles. The fourth-order valence-electron chi connectivity index (χ4n) is 3.10. The molecule has 0 aromatic heterocycles. The summed E-state index contributed by atoms with van der Waals surface area (Å²) in [6, 6.07) is 7.41. The number of hydrogen-bond donors (Lipinski definition) is 2. The van der Waals surface area contributed by atoms with Crippen LogP contribution in [0.4, 0.5) is 10.5 Å². The van der Waals surface area contributed by atoms with E-state index in [-0.39, 0.29) is 31.4 Å². The van der Waals surface area contributed by atoms with Crippen LogP contribution in [0.15, 0.2) is 24.3 Å². The second kappa shape index (κ2) is 8.50. The maximum Gasteiger partial charge on any atom is 0.407 e. The number of carbonyl (C=O) groups is 3. The number of hydrogen-bond acceptors (Lipinski definition) is 5. The van der Waals surface area contributed by atoms with Gasteiger partial charge in [0.05, 0.1) is 18.6 Å². The van der Waals surface area contributed by atoms with E-state index in [9.17, 15) is 14.4 Å². The van der Waals surface area contributed by atoms with Crippen molar-refractivity contribution < 1.29 is 23.9 Å². The highest BCUT2D eigenvalue weighted by molar-refractivity contribution is 6.06. The van der Waals surface area contributed by atoms with Crippen molar-refractivity contribution in [3.05, 3.63) is 29.8 Å². The van der Waals surface area contributed by atoms with Gasteiger partial charge in [0.15, 0.2) is 0 Å². The van der Waals surface area contributed by atoms with Crippen molar-refractivity contribution in [3.8, 4) is 0 Å². The quantitative estimate of drug-likeness (QED) is 0.704. The van der Waals surface area contributed by atoms with Crippen LogP contribution in [0.3, 0.4) is 0 Å². The number of nitrogens with one attached hydrogen (secondary N) is 2. The number of para-hydroxylation sites is 1. The van der Waals surface area contributed by atoms with Gasteiger partial charge in [0.1, 0.15) is 0 Å². The van der Waals surface area contributed by atoms with E-state index < -0.39 is 11.5 Å². The Balaban J connectivity index is 2.16. The molecule has 0 fully saturated rings. The zero-order chi connectivity index (χ0) is 18.3. The predicted octanol–water partition coefficient (Wildman–Crippen LogP) is 2.36. The van der Waals surface area contributed by atoms with Crippen LogP contribution in [0.2, 0.25) is 0 Å². The molecule has 2 rings (SSSR count). The van der Waals surface area contributed by atoms with Crippen molar-refractivity contribution in [3.63, 3.8) is 0 Å². The zero-order valence-corrected chi connectivity index (χ0v) is 14.6. The molecular formula is C18H24N2O5. The van der Waals surface area contributed by atoms with Gasteiger partial charge in [-0.25, -0.2) is 4.79 Å². The summed E-state index contributed by atoms with van der Waals surface area (Å²) < 4.78 is 9.83. The van der Waals surface area contributed by atoms with Crippen LogP contribution >= 0.6 is 0 Å². The average Bonchev–Trinajstić information content (AvgIpc) is 2.86. The molecule has 0 bridgehead atoms. The summed E-state index contributed by atoms with van der Waals surface area (Å²) in [5.74, 6) is -0.499. The van der Waals surface area contributed by atoms with Gasteiger partial charge in [0, 0.05) is 18.7 Å². The predicted molar refractivity (Wildman–Crippen MR) is 92.3 cm³/mol. The lowest BCUT2D eigenvalue weighted by Crippen LogP contribution is -2.39. The third-order valence-electron chi connectivity index (χ3n) is 4.28. The highest BCUT2D eigenvalue weighted by Crippen LogP contribution is 2.43. The van der Waals surface area contributed by atoms with Gasteiger partial charge in [-0.15, -0.1) is 0 Å². The van der Waals surface area contributed by atoms with Gasteiger partial charge in [0.2, 0.25) is 5.91 Å². The Morgan fingerprint density at radius 3 is 2.56 bits per heavy atom. The molecule has 0 radical (unpaired) electrons. The van der Waals surface area contributed by atoms with E-state index in [2.05, 4.69) is 10.6 Å². The van der Waals surface area contributed by atoms with Crippen molar-refractivity contribution in [2.45, 2.75) is 38.5 Å². The molecule has 2 amide bonds. The zero-order valence-electron chi connectivity index (χ0n) is 14.6. The van der Waals surface area contributed by atoms with Crippen molar-refractivity contribution in [2.24, 2.45) is 0 Å². The van der Waals surface area contributed by atoms with E-state index in [1.54, 1.807) is 13.8 Å². The van der Waals surface area contributed by atoms with Crippen LogP contribution < -0.4 is 10.6 Å². The fraction of sp³-hybridized carbons (Fsp3) is 0.500. The molecule has 1 aromatic carbocycles. The maximum atomic E-state index is 12.7. The number of amides is 2. The Morgan fingerprint density at radius 2 is 1.84 bits per heavy atom. The monoisotopic (exact) mass is 348 g/mol. The first-order valence-corrected chi connectivity index (χ1v) is 8.50. The topological polar surface area (TPSA) is 93.7 Å². The third kappa shape index (κ3) is 4.29. The molecule has 1 heterocycles. The first-order valence-electron chi connectivity index (χ1n) is 8.50. The standard InChI is InChI=1S/C18H24N2O5/c1-3-24-15(21)9-10-18(11-12-19-17(23)25-4-2)13-7-5-6-8-14(13)20-16(18)22/h5-8H,3-4,9-12H2,1-2H3,(H,19,23)(H,20,22)/t18-/m0/s1. The molecule has 1 atom stereocenters. The minimum Gasteiger partial charge on any atom is -0.466 e. The average molecular weight is 348 g/mol. The van der Waals surface area contributed by atoms with Crippen LogP contribution in [0.25, 0.3) is 0 Å². The molecule has 1 aliphatic rings. The Bertz CT molecular complexity index is 646. The highest BCUT2D eigenvalue weighted by atomic mass is 16.5. The maximum absolute atomic E-state index is 12.7. The summed E-state index contributed by atoms with van der Waals surface area (Å²) in [7, 11) is 0. The smallest absolute Gasteiger partial charge is 0.407 e. The highest BCUT2D eigenvalue weighted by Gasteiger charge is 2.46. The van der Waals surface area contributed by atoms with Crippen molar-refractivity contribution in [1.29, 1.82) is 0 Å². The Labute approximate surface area is 147 Å². The number of rotatable bonds is 8. The van der Waals surface area contributed by atoms with Crippen molar-refractivity contribution in [2.75, 3.05) is 25.1 Å². The molecular weight excluding hydrogens is 324 g/mol. The van der Waals surface area contributed by atoms with Gasteiger partial charge in [-0.05, 0) is 38.3 Å². The Morgan fingerprint density at radius 1 is 1.12 bits per heavy atom. The number of anilines is 1. The Kier molecular flexibility index (Phi) is 6.38. The van der Waals surface area contributed by atoms with E-state index >= 15 is 0 Å². The molecule has 1 aliphatic heterocycles. The largest absolute Gasteiger partial charge is 0.466 e. The molecule has 0 aliphatic carbocycles. The minimum absolute atomic E-state index is 0.134. The van der Waals surface area contributed by atoms with Crippen molar-refractivity contribution in [1.82, 2.24) is 5.32 Å². The molecule has 7 heteroatoms.